The summed E-state index contributed by atoms with van der Waals surface area (Å²) in [6.45, 7) is 0. The maximum absolute atomic E-state index is 12.5. The molecule has 1 fully saturated rings. The van der Waals surface area contributed by atoms with E-state index < -0.39 is 0 Å². The first-order valence-electron chi connectivity index (χ1n) is 7.32. The zero-order chi connectivity index (χ0) is 14.1. The molecular formula is C16H21N3O. The normalized spacial score (nSPS) is 16.4. The summed E-state index contributed by atoms with van der Waals surface area (Å²) in [6.07, 6.45) is 5.82. The molecule has 20 heavy (non-hydrogen) atoms. The van der Waals surface area contributed by atoms with Gasteiger partial charge in [0.05, 0.1) is 11.7 Å². The molecule has 0 atom stereocenters. The molecule has 4 heteroatoms. The molecule has 1 aromatic carbocycles. The Hall–Kier alpha value is -1.97. The van der Waals surface area contributed by atoms with Crippen molar-refractivity contribution in [2.45, 2.75) is 38.1 Å². The van der Waals surface area contributed by atoms with Crippen LogP contribution in [0.4, 0.5) is 5.69 Å². The summed E-state index contributed by atoms with van der Waals surface area (Å²) < 4.78 is 3.81. The van der Waals surface area contributed by atoms with Crippen LogP contribution in [-0.4, -0.2) is 9.36 Å². The van der Waals surface area contributed by atoms with Gasteiger partial charge in [-0.05, 0) is 12.8 Å². The van der Waals surface area contributed by atoms with Crippen LogP contribution in [0.1, 0.15) is 38.1 Å². The van der Waals surface area contributed by atoms with Crippen LogP contribution in [0.25, 0.3) is 11.3 Å². The van der Waals surface area contributed by atoms with E-state index in [1.807, 2.05) is 46.7 Å². The predicted molar refractivity (Wildman–Crippen MR) is 81.6 cm³/mol. The number of nitrogen functional groups attached to an aromatic ring is 1. The van der Waals surface area contributed by atoms with Crippen molar-refractivity contribution in [1.29, 1.82) is 0 Å². The van der Waals surface area contributed by atoms with E-state index in [4.69, 9.17) is 5.73 Å². The Morgan fingerprint density at radius 3 is 2.40 bits per heavy atom. The molecule has 0 bridgehead atoms. The van der Waals surface area contributed by atoms with Gasteiger partial charge in [0, 0.05) is 12.6 Å². The summed E-state index contributed by atoms with van der Waals surface area (Å²) >= 11 is 0. The topological polar surface area (TPSA) is 52.9 Å². The van der Waals surface area contributed by atoms with Crippen LogP contribution in [0.5, 0.6) is 0 Å². The van der Waals surface area contributed by atoms with E-state index in [9.17, 15) is 4.79 Å². The van der Waals surface area contributed by atoms with E-state index in [0.717, 1.165) is 24.1 Å². The number of hydrogen-bond donors (Lipinski definition) is 1. The van der Waals surface area contributed by atoms with Crippen LogP contribution < -0.4 is 11.3 Å². The van der Waals surface area contributed by atoms with Gasteiger partial charge in [-0.1, -0.05) is 49.6 Å². The van der Waals surface area contributed by atoms with Gasteiger partial charge in [-0.2, -0.15) is 0 Å². The first-order valence-corrected chi connectivity index (χ1v) is 7.32. The number of nitrogens with two attached hydrogens (primary N) is 1. The highest BCUT2D eigenvalue weighted by molar-refractivity contribution is 5.72. The summed E-state index contributed by atoms with van der Waals surface area (Å²) in [4.78, 5) is 12.5. The lowest BCUT2D eigenvalue weighted by Gasteiger charge is -2.24. The number of aromatic nitrogens is 2. The van der Waals surface area contributed by atoms with E-state index in [-0.39, 0.29) is 5.56 Å². The van der Waals surface area contributed by atoms with Gasteiger partial charge < -0.3 is 5.73 Å². The third-order valence-corrected chi connectivity index (χ3v) is 4.31. The first kappa shape index (κ1) is 13.0. The Balaban J connectivity index is 2.12. The molecule has 0 radical (unpaired) electrons. The molecule has 0 saturated heterocycles. The maximum Gasteiger partial charge on any atom is 0.290 e. The highest BCUT2D eigenvalue weighted by Crippen LogP contribution is 2.30. The Bertz CT molecular complexity index is 648. The monoisotopic (exact) mass is 271 g/mol. The van der Waals surface area contributed by atoms with E-state index in [0.29, 0.717) is 11.7 Å². The molecule has 106 valence electrons. The van der Waals surface area contributed by atoms with Gasteiger partial charge in [0.25, 0.3) is 5.56 Å². The molecule has 1 heterocycles. The lowest BCUT2D eigenvalue weighted by Crippen LogP contribution is -2.28. The zero-order valence-electron chi connectivity index (χ0n) is 11.9. The molecular weight excluding hydrogens is 250 g/mol. The third-order valence-electron chi connectivity index (χ3n) is 4.31. The van der Waals surface area contributed by atoms with Gasteiger partial charge in [-0.3, -0.25) is 9.48 Å². The van der Waals surface area contributed by atoms with Crippen molar-refractivity contribution >= 4 is 5.69 Å². The standard InChI is InChI=1S/C16H21N3O/c1-18-15(12-8-4-2-5-9-12)14(17)16(20)19(18)13-10-6-3-7-11-13/h2,4-5,8-9,13H,3,6-7,10-11,17H2,1H3. The molecule has 1 saturated carbocycles. The van der Waals surface area contributed by atoms with Crippen molar-refractivity contribution in [2.75, 3.05) is 5.73 Å². The van der Waals surface area contributed by atoms with Gasteiger partial charge in [0.2, 0.25) is 0 Å². The van der Waals surface area contributed by atoms with E-state index in [1.165, 1.54) is 19.3 Å². The SMILES string of the molecule is Cn1c(-c2ccccc2)c(N)c(=O)n1C1CCCCC1. The average molecular weight is 271 g/mol. The number of benzene rings is 1. The fraction of sp³-hybridized carbons (Fsp3) is 0.438. The summed E-state index contributed by atoms with van der Waals surface area (Å²) in [5.41, 5.74) is 8.24. The second-order valence-corrected chi connectivity index (χ2v) is 5.59. The summed E-state index contributed by atoms with van der Waals surface area (Å²) in [5, 5.41) is 0. The van der Waals surface area contributed by atoms with Gasteiger partial charge in [-0.25, -0.2) is 4.68 Å². The molecule has 0 spiro atoms. The largest absolute Gasteiger partial charge is 0.392 e. The smallest absolute Gasteiger partial charge is 0.290 e. The minimum atomic E-state index is -0.0433. The van der Waals surface area contributed by atoms with Crippen molar-refractivity contribution in [1.82, 2.24) is 9.36 Å². The summed E-state index contributed by atoms with van der Waals surface area (Å²) in [7, 11) is 1.94. The molecule has 0 aliphatic heterocycles. The van der Waals surface area contributed by atoms with E-state index in [1.54, 1.807) is 0 Å². The number of rotatable bonds is 2. The van der Waals surface area contributed by atoms with Crippen LogP contribution in [0.15, 0.2) is 35.1 Å². The van der Waals surface area contributed by atoms with E-state index in [2.05, 4.69) is 0 Å². The fourth-order valence-corrected chi connectivity index (χ4v) is 3.32. The molecule has 4 nitrogen and oxygen atoms in total. The molecule has 0 amide bonds. The lowest BCUT2D eigenvalue weighted by atomic mass is 9.96. The third kappa shape index (κ3) is 2.05. The van der Waals surface area contributed by atoms with Gasteiger partial charge in [-0.15, -0.1) is 0 Å². The predicted octanol–water partition coefficient (Wildman–Crippen LogP) is 2.94. The van der Waals surface area contributed by atoms with Crippen molar-refractivity contribution in [3.8, 4) is 11.3 Å². The van der Waals surface area contributed by atoms with Gasteiger partial charge >= 0.3 is 0 Å². The quantitative estimate of drug-likeness (QED) is 0.913. The minimum absolute atomic E-state index is 0.0433. The molecule has 2 N–H and O–H groups in total. The van der Waals surface area contributed by atoms with Crippen LogP contribution in [0, 0.1) is 0 Å². The van der Waals surface area contributed by atoms with Gasteiger partial charge in [0.15, 0.2) is 0 Å². The second-order valence-electron chi connectivity index (χ2n) is 5.59. The highest BCUT2D eigenvalue weighted by atomic mass is 16.1. The first-order chi connectivity index (χ1) is 9.70. The van der Waals surface area contributed by atoms with Gasteiger partial charge in [0.1, 0.15) is 5.69 Å². The van der Waals surface area contributed by atoms with Crippen LogP contribution in [0.3, 0.4) is 0 Å². The Kier molecular flexibility index (Phi) is 3.38. The Labute approximate surface area is 118 Å². The zero-order valence-corrected chi connectivity index (χ0v) is 11.9. The Morgan fingerprint density at radius 1 is 1.10 bits per heavy atom. The number of hydrogen-bond acceptors (Lipinski definition) is 2. The molecule has 2 aromatic rings. The Morgan fingerprint density at radius 2 is 1.75 bits per heavy atom. The second kappa shape index (κ2) is 5.19. The fourth-order valence-electron chi connectivity index (χ4n) is 3.32. The number of anilines is 1. The molecule has 1 aliphatic rings. The van der Waals surface area contributed by atoms with Crippen LogP contribution in [0.2, 0.25) is 0 Å². The lowest BCUT2D eigenvalue weighted by molar-refractivity contribution is 0.296. The molecule has 3 rings (SSSR count). The highest BCUT2D eigenvalue weighted by Gasteiger charge is 2.23. The molecule has 1 aliphatic carbocycles. The maximum atomic E-state index is 12.5. The summed E-state index contributed by atoms with van der Waals surface area (Å²) in [6, 6.07) is 10.2. The average Bonchev–Trinajstić information content (AvgIpc) is 2.71. The summed E-state index contributed by atoms with van der Waals surface area (Å²) in [5.74, 6) is 0. The van der Waals surface area contributed by atoms with Crippen molar-refractivity contribution < 1.29 is 0 Å². The van der Waals surface area contributed by atoms with Crippen molar-refractivity contribution in [2.24, 2.45) is 7.05 Å². The van der Waals surface area contributed by atoms with Crippen LogP contribution in [-0.2, 0) is 7.05 Å². The van der Waals surface area contributed by atoms with E-state index >= 15 is 0 Å². The molecule has 0 unspecified atom stereocenters. The minimum Gasteiger partial charge on any atom is -0.392 e. The number of nitrogens with zero attached hydrogens (tertiary/aromatic N) is 2. The van der Waals surface area contributed by atoms with Crippen molar-refractivity contribution in [3.05, 3.63) is 40.7 Å². The van der Waals surface area contributed by atoms with Crippen molar-refractivity contribution in [3.63, 3.8) is 0 Å². The molecule has 1 aromatic heterocycles. The van der Waals surface area contributed by atoms with Crippen LogP contribution >= 0.6 is 0 Å².